The Kier molecular flexibility index (Phi) is 3.20. The molecule has 0 amide bonds. The van der Waals surface area contributed by atoms with Crippen LogP contribution in [-0.2, 0) is 13.2 Å². The number of nitrogens with zero attached hydrogens (tertiary/aromatic N) is 2. The number of aromatic nitrogens is 1. The number of nitro benzene ring substituents is 1. The van der Waals surface area contributed by atoms with Crippen LogP contribution in [-0.4, -0.2) is 14.6 Å². The molecule has 0 saturated heterocycles. The van der Waals surface area contributed by atoms with E-state index in [1.54, 1.807) is 41.1 Å². The van der Waals surface area contributed by atoms with Gasteiger partial charge in [0.15, 0.2) is 0 Å². The van der Waals surface area contributed by atoms with Crippen LogP contribution in [0.5, 0.6) is 0 Å². The lowest BCUT2D eigenvalue weighted by Crippen LogP contribution is -2.05. The minimum Gasteiger partial charge on any atom is -0.390 e. The van der Waals surface area contributed by atoms with Gasteiger partial charge in [0.05, 0.1) is 18.1 Å². The molecule has 5 nitrogen and oxygen atoms in total. The van der Waals surface area contributed by atoms with Gasteiger partial charge in [-0.05, 0) is 12.1 Å². The zero-order valence-electron chi connectivity index (χ0n) is 9.11. The Hall–Kier alpha value is -2.14. The highest BCUT2D eigenvalue weighted by Crippen LogP contribution is 2.19. The average Bonchev–Trinajstić information content (AvgIpc) is 2.77. The second-order valence-corrected chi connectivity index (χ2v) is 3.67. The second kappa shape index (κ2) is 4.80. The van der Waals surface area contributed by atoms with Crippen molar-refractivity contribution in [2.75, 3.05) is 0 Å². The summed E-state index contributed by atoms with van der Waals surface area (Å²) in [7, 11) is 0. The number of rotatable bonds is 4. The predicted octanol–water partition coefficient (Wildman–Crippen LogP) is 1.94. The van der Waals surface area contributed by atoms with E-state index in [1.807, 2.05) is 0 Å². The predicted molar refractivity (Wildman–Crippen MR) is 62.6 cm³/mol. The van der Waals surface area contributed by atoms with Crippen LogP contribution < -0.4 is 0 Å². The summed E-state index contributed by atoms with van der Waals surface area (Å²) in [6.07, 6.45) is 1.79. The molecule has 17 heavy (non-hydrogen) atoms. The van der Waals surface area contributed by atoms with Crippen molar-refractivity contribution in [3.05, 3.63) is 64.0 Å². The molecule has 0 atom stereocenters. The highest BCUT2D eigenvalue weighted by Gasteiger charge is 2.13. The van der Waals surface area contributed by atoms with Crippen molar-refractivity contribution < 1.29 is 10.0 Å². The summed E-state index contributed by atoms with van der Waals surface area (Å²) < 4.78 is 1.79. The number of hydrogen-bond acceptors (Lipinski definition) is 3. The fraction of sp³-hybridized carbons (Fsp3) is 0.167. The molecule has 88 valence electrons. The third-order valence-electron chi connectivity index (χ3n) is 2.61. The van der Waals surface area contributed by atoms with E-state index in [4.69, 9.17) is 5.11 Å². The van der Waals surface area contributed by atoms with E-state index in [9.17, 15) is 10.1 Å². The molecule has 0 saturated carbocycles. The van der Waals surface area contributed by atoms with Crippen LogP contribution in [0.2, 0.25) is 0 Å². The number of nitro groups is 1. The Balaban J connectivity index is 2.33. The Morgan fingerprint density at radius 3 is 2.71 bits per heavy atom. The van der Waals surface area contributed by atoms with E-state index in [0.717, 1.165) is 5.69 Å². The van der Waals surface area contributed by atoms with Gasteiger partial charge in [-0.15, -0.1) is 0 Å². The summed E-state index contributed by atoms with van der Waals surface area (Å²) in [5.41, 5.74) is 1.47. The molecule has 1 N–H and O–H groups in total. The van der Waals surface area contributed by atoms with Crippen molar-refractivity contribution in [1.82, 2.24) is 4.57 Å². The standard InChI is InChI=1S/C12H12N2O3/c15-9-11-5-3-7-13(11)8-10-4-1-2-6-12(10)14(16)17/h1-7,15H,8-9H2. The van der Waals surface area contributed by atoms with Crippen molar-refractivity contribution in [3.8, 4) is 0 Å². The smallest absolute Gasteiger partial charge is 0.274 e. The van der Waals surface area contributed by atoms with Gasteiger partial charge in [-0.1, -0.05) is 18.2 Å². The number of aliphatic hydroxyl groups is 1. The van der Waals surface area contributed by atoms with Crippen molar-refractivity contribution in [2.45, 2.75) is 13.2 Å². The van der Waals surface area contributed by atoms with E-state index in [2.05, 4.69) is 0 Å². The largest absolute Gasteiger partial charge is 0.390 e. The minimum atomic E-state index is -0.391. The van der Waals surface area contributed by atoms with E-state index in [-0.39, 0.29) is 12.3 Å². The first-order valence-electron chi connectivity index (χ1n) is 5.19. The lowest BCUT2D eigenvalue weighted by atomic mass is 10.2. The second-order valence-electron chi connectivity index (χ2n) is 3.67. The summed E-state index contributed by atoms with van der Waals surface area (Å²) >= 11 is 0. The third-order valence-corrected chi connectivity index (χ3v) is 2.61. The lowest BCUT2D eigenvalue weighted by molar-refractivity contribution is -0.385. The molecule has 0 bridgehead atoms. The maximum absolute atomic E-state index is 10.9. The van der Waals surface area contributed by atoms with Crippen LogP contribution in [0, 0.1) is 10.1 Å². The highest BCUT2D eigenvalue weighted by atomic mass is 16.6. The van der Waals surface area contributed by atoms with Gasteiger partial charge in [-0.3, -0.25) is 10.1 Å². The van der Waals surface area contributed by atoms with Crippen molar-refractivity contribution in [2.24, 2.45) is 0 Å². The summed E-state index contributed by atoms with van der Waals surface area (Å²) in [5.74, 6) is 0. The lowest BCUT2D eigenvalue weighted by Gasteiger charge is -2.07. The van der Waals surface area contributed by atoms with Gasteiger partial charge in [-0.25, -0.2) is 0 Å². The number of aliphatic hydroxyl groups excluding tert-OH is 1. The van der Waals surface area contributed by atoms with Gasteiger partial charge >= 0.3 is 0 Å². The molecule has 0 unspecified atom stereocenters. The molecule has 1 heterocycles. The van der Waals surface area contributed by atoms with Crippen LogP contribution in [0.3, 0.4) is 0 Å². The molecule has 5 heteroatoms. The number of hydrogen-bond donors (Lipinski definition) is 1. The van der Waals surface area contributed by atoms with Gasteiger partial charge in [-0.2, -0.15) is 0 Å². The van der Waals surface area contributed by atoms with Gasteiger partial charge in [0.2, 0.25) is 0 Å². The Morgan fingerprint density at radius 2 is 2.00 bits per heavy atom. The Labute approximate surface area is 98.1 Å². The first-order chi connectivity index (χ1) is 8.22. The molecule has 0 fully saturated rings. The zero-order chi connectivity index (χ0) is 12.3. The van der Waals surface area contributed by atoms with Gasteiger partial charge in [0.1, 0.15) is 0 Å². The summed E-state index contributed by atoms with van der Waals surface area (Å²) in [6, 6.07) is 10.2. The van der Waals surface area contributed by atoms with Crippen LogP contribution in [0.25, 0.3) is 0 Å². The molecule has 0 aliphatic rings. The Morgan fingerprint density at radius 1 is 1.24 bits per heavy atom. The maximum Gasteiger partial charge on any atom is 0.274 e. The van der Waals surface area contributed by atoms with E-state index >= 15 is 0 Å². The zero-order valence-corrected chi connectivity index (χ0v) is 9.11. The van der Waals surface area contributed by atoms with Crippen LogP contribution >= 0.6 is 0 Å². The normalized spacial score (nSPS) is 10.4. The molecule has 0 aliphatic carbocycles. The molecule has 0 spiro atoms. The molecular formula is C12H12N2O3. The topological polar surface area (TPSA) is 68.3 Å². The van der Waals surface area contributed by atoms with Crippen LogP contribution in [0.1, 0.15) is 11.3 Å². The van der Waals surface area contributed by atoms with Crippen molar-refractivity contribution in [1.29, 1.82) is 0 Å². The van der Waals surface area contributed by atoms with Gasteiger partial charge in [0.25, 0.3) is 5.69 Å². The monoisotopic (exact) mass is 232 g/mol. The summed E-state index contributed by atoms with van der Waals surface area (Å²) in [5, 5.41) is 20.0. The quantitative estimate of drug-likeness (QED) is 0.647. The first kappa shape index (κ1) is 11.3. The molecule has 2 aromatic rings. The summed E-state index contributed by atoms with van der Waals surface area (Å²) in [6.45, 7) is 0.313. The fourth-order valence-electron chi connectivity index (χ4n) is 1.75. The first-order valence-corrected chi connectivity index (χ1v) is 5.19. The third kappa shape index (κ3) is 2.34. The number of para-hydroxylation sites is 1. The highest BCUT2D eigenvalue weighted by molar-refractivity contribution is 5.40. The molecule has 2 rings (SSSR count). The Bertz CT molecular complexity index is 534. The minimum absolute atomic E-state index is 0.0758. The molecule has 0 aliphatic heterocycles. The van der Waals surface area contributed by atoms with E-state index < -0.39 is 4.92 Å². The van der Waals surface area contributed by atoms with Crippen molar-refractivity contribution >= 4 is 5.69 Å². The van der Waals surface area contributed by atoms with Crippen molar-refractivity contribution in [3.63, 3.8) is 0 Å². The van der Waals surface area contributed by atoms with Gasteiger partial charge in [0, 0.05) is 23.5 Å². The molecule has 1 aromatic heterocycles. The molecule has 0 radical (unpaired) electrons. The molecular weight excluding hydrogens is 220 g/mol. The molecule has 1 aromatic carbocycles. The van der Waals surface area contributed by atoms with E-state index in [1.165, 1.54) is 6.07 Å². The van der Waals surface area contributed by atoms with Crippen LogP contribution in [0.4, 0.5) is 5.69 Å². The SMILES string of the molecule is O=[N+]([O-])c1ccccc1Cn1cccc1CO. The summed E-state index contributed by atoms with van der Waals surface area (Å²) in [4.78, 5) is 10.5. The average molecular weight is 232 g/mol. The van der Waals surface area contributed by atoms with Gasteiger partial charge < -0.3 is 9.67 Å². The van der Waals surface area contributed by atoms with E-state index in [0.29, 0.717) is 12.1 Å². The fourth-order valence-corrected chi connectivity index (χ4v) is 1.75. The maximum atomic E-state index is 10.9. The van der Waals surface area contributed by atoms with Crippen LogP contribution in [0.15, 0.2) is 42.6 Å². The number of benzene rings is 1.